The van der Waals surface area contributed by atoms with Gasteiger partial charge in [0.2, 0.25) is 5.95 Å². The molecule has 0 N–H and O–H groups in total. The summed E-state index contributed by atoms with van der Waals surface area (Å²) >= 11 is 0. The van der Waals surface area contributed by atoms with Crippen molar-refractivity contribution < 1.29 is 13.7 Å². The van der Waals surface area contributed by atoms with Gasteiger partial charge in [-0.1, -0.05) is 0 Å². The Morgan fingerprint density at radius 3 is 2.25 bits per heavy atom. The number of nitrogens with zero attached hydrogens (tertiary/aromatic N) is 2. The van der Waals surface area contributed by atoms with E-state index in [9.17, 15) is 4.39 Å². The normalized spacial score (nSPS) is 20.7. The molecule has 0 spiro atoms. The molecular formula is C14H22BFN2O2. The molecular weight excluding hydrogens is 258 g/mol. The lowest BCUT2D eigenvalue weighted by Gasteiger charge is -2.32. The van der Waals surface area contributed by atoms with Crippen LogP contribution in [-0.4, -0.2) is 42.3 Å². The Morgan fingerprint density at radius 1 is 1.20 bits per heavy atom. The second kappa shape index (κ2) is 5.09. The minimum absolute atomic E-state index is 0.415. The monoisotopic (exact) mass is 280 g/mol. The summed E-state index contributed by atoms with van der Waals surface area (Å²) in [6.07, 6.45) is 1.51. The van der Waals surface area contributed by atoms with E-state index in [1.54, 1.807) is 0 Å². The van der Waals surface area contributed by atoms with Crippen molar-refractivity contribution in [3.05, 3.63) is 23.8 Å². The van der Waals surface area contributed by atoms with Crippen molar-refractivity contribution in [2.75, 3.05) is 14.1 Å². The van der Waals surface area contributed by atoms with E-state index < -0.39 is 24.3 Å². The molecule has 1 aromatic heterocycles. The lowest BCUT2D eigenvalue weighted by molar-refractivity contribution is 0.00578. The maximum Gasteiger partial charge on any atom is 0.496 e. The number of rotatable bonds is 3. The van der Waals surface area contributed by atoms with E-state index in [1.807, 2.05) is 46.7 Å². The lowest BCUT2D eigenvalue weighted by atomic mass is 9.77. The van der Waals surface area contributed by atoms with Gasteiger partial charge in [0.05, 0.1) is 11.2 Å². The van der Waals surface area contributed by atoms with E-state index in [1.165, 1.54) is 12.3 Å². The molecule has 0 amide bonds. The predicted octanol–water partition coefficient (Wildman–Crippen LogP) is 1.58. The first kappa shape index (κ1) is 15.4. The average molecular weight is 280 g/mol. The van der Waals surface area contributed by atoms with Crippen molar-refractivity contribution in [2.45, 2.75) is 45.4 Å². The maximum absolute atomic E-state index is 13.4. The molecule has 0 radical (unpaired) electrons. The Labute approximate surface area is 120 Å². The molecule has 4 nitrogen and oxygen atoms in total. The summed E-state index contributed by atoms with van der Waals surface area (Å²) in [4.78, 5) is 5.72. The minimum Gasteiger partial charge on any atom is -0.399 e. The standard InChI is InChI=1S/C14H22BFN2O2/c1-13(2)14(3,4)20-15(19-13)11-8-17-12(16)7-10(11)9-18(5)6/h7-8H,9H2,1-6H3. The van der Waals surface area contributed by atoms with Gasteiger partial charge in [-0.15, -0.1) is 0 Å². The van der Waals surface area contributed by atoms with Gasteiger partial charge in [0.25, 0.3) is 0 Å². The highest BCUT2D eigenvalue weighted by Gasteiger charge is 2.52. The fourth-order valence-corrected chi connectivity index (χ4v) is 2.14. The molecule has 2 rings (SSSR count). The smallest absolute Gasteiger partial charge is 0.399 e. The Kier molecular flexibility index (Phi) is 3.93. The Morgan fingerprint density at radius 2 is 1.75 bits per heavy atom. The second-order valence-corrected chi connectivity index (χ2v) is 6.53. The van der Waals surface area contributed by atoms with Gasteiger partial charge >= 0.3 is 7.12 Å². The van der Waals surface area contributed by atoms with Crippen LogP contribution in [0.2, 0.25) is 0 Å². The van der Waals surface area contributed by atoms with E-state index in [-0.39, 0.29) is 0 Å². The number of pyridine rings is 1. The van der Waals surface area contributed by atoms with Gasteiger partial charge in [0.15, 0.2) is 0 Å². The number of hydrogen-bond donors (Lipinski definition) is 0. The molecule has 0 bridgehead atoms. The molecule has 0 saturated carbocycles. The van der Waals surface area contributed by atoms with Crippen molar-refractivity contribution in [1.29, 1.82) is 0 Å². The molecule has 1 fully saturated rings. The molecule has 0 aromatic carbocycles. The first-order valence-electron chi connectivity index (χ1n) is 6.77. The number of aromatic nitrogens is 1. The van der Waals surface area contributed by atoms with Crippen molar-refractivity contribution in [1.82, 2.24) is 9.88 Å². The van der Waals surface area contributed by atoms with E-state index >= 15 is 0 Å². The van der Waals surface area contributed by atoms with Crippen molar-refractivity contribution in [3.63, 3.8) is 0 Å². The van der Waals surface area contributed by atoms with Gasteiger partial charge in [-0.2, -0.15) is 4.39 Å². The molecule has 0 aliphatic carbocycles. The Bertz CT molecular complexity index is 490. The molecule has 110 valence electrons. The topological polar surface area (TPSA) is 34.6 Å². The molecule has 20 heavy (non-hydrogen) atoms. The third-order valence-electron chi connectivity index (χ3n) is 3.98. The van der Waals surface area contributed by atoms with Crippen LogP contribution in [0.1, 0.15) is 33.3 Å². The molecule has 0 unspecified atom stereocenters. The fraction of sp³-hybridized carbons (Fsp3) is 0.643. The minimum atomic E-state index is -0.511. The van der Waals surface area contributed by atoms with Crippen LogP contribution in [-0.2, 0) is 15.9 Å². The second-order valence-electron chi connectivity index (χ2n) is 6.53. The lowest BCUT2D eigenvalue weighted by Crippen LogP contribution is -2.41. The Balaban J connectivity index is 2.34. The van der Waals surface area contributed by atoms with Crippen LogP contribution in [0, 0.1) is 5.95 Å². The van der Waals surface area contributed by atoms with E-state index in [0.717, 1.165) is 11.0 Å². The van der Waals surface area contributed by atoms with E-state index in [0.29, 0.717) is 6.54 Å². The van der Waals surface area contributed by atoms with Gasteiger partial charge in [-0.3, -0.25) is 0 Å². The van der Waals surface area contributed by atoms with Crippen LogP contribution in [0.3, 0.4) is 0 Å². The molecule has 1 aromatic rings. The SMILES string of the molecule is CN(C)Cc1cc(F)ncc1B1OC(C)(C)C(C)(C)O1. The van der Waals surface area contributed by atoms with E-state index in [4.69, 9.17) is 9.31 Å². The number of halogens is 1. The quantitative estimate of drug-likeness (QED) is 0.622. The fourth-order valence-electron chi connectivity index (χ4n) is 2.14. The highest BCUT2D eigenvalue weighted by Crippen LogP contribution is 2.36. The van der Waals surface area contributed by atoms with Crippen LogP contribution in [0.5, 0.6) is 0 Å². The zero-order chi connectivity index (χ0) is 15.1. The highest BCUT2D eigenvalue weighted by atomic mass is 19.1. The van der Waals surface area contributed by atoms with Crippen LogP contribution in [0.15, 0.2) is 12.3 Å². The molecule has 2 heterocycles. The van der Waals surface area contributed by atoms with Gasteiger partial charge in [-0.05, 0) is 53.4 Å². The summed E-state index contributed by atoms with van der Waals surface area (Å²) < 4.78 is 25.4. The summed E-state index contributed by atoms with van der Waals surface area (Å²) in [5.41, 5.74) is 0.794. The molecule has 0 atom stereocenters. The van der Waals surface area contributed by atoms with Gasteiger partial charge < -0.3 is 14.2 Å². The summed E-state index contributed by atoms with van der Waals surface area (Å²) in [6.45, 7) is 8.59. The van der Waals surface area contributed by atoms with Crippen molar-refractivity contribution >= 4 is 12.6 Å². The molecule has 1 saturated heterocycles. The first-order valence-corrected chi connectivity index (χ1v) is 6.77. The van der Waals surface area contributed by atoms with Crippen LogP contribution < -0.4 is 5.46 Å². The molecule has 1 aliphatic rings. The largest absolute Gasteiger partial charge is 0.496 e. The van der Waals surface area contributed by atoms with Gasteiger partial charge in [0.1, 0.15) is 0 Å². The molecule has 6 heteroatoms. The van der Waals surface area contributed by atoms with Gasteiger partial charge in [0, 0.05) is 18.2 Å². The maximum atomic E-state index is 13.4. The summed E-state index contributed by atoms with van der Waals surface area (Å²) in [6, 6.07) is 1.44. The van der Waals surface area contributed by atoms with E-state index in [2.05, 4.69) is 4.98 Å². The summed E-state index contributed by atoms with van der Waals surface area (Å²) in [7, 11) is 3.36. The van der Waals surface area contributed by atoms with Crippen LogP contribution in [0.25, 0.3) is 0 Å². The Hall–Kier alpha value is -0.975. The van der Waals surface area contributed by atoms with Crippen LogP contribution in [0.4, 0.5) is 4.39 Å². The molecule has 1 aliphatic heterocycles. The highest BCUT2D eigenvalue weighted by molar-refractivity contribution is 6.62. The first-order chi connectivity index (χ1) is 9.12. The third kappa shape index (κ3) is 2.87. The summed E-state index contributed by atoms with van der Waals surface area (Å²) in [5, 5.41) is 0. The van der Waals surface area contributed by atoms with Crippen LogP contribution >= 0.6 is 0 Å². The third-order valence-corrected chi connectivity index (χ3v) is 3.98. The van der Waals surface area contributed by atoms with Gasteiger partial charge in [-0.25, -0.2) is 4.98 Å². The van der Waals surface area contributed by atoms with Crippen molar-refractivity contribution in [3.8, 4) is 0 Å². The predicted molar refractivity (Wildman–Crippen MR) is 77.3 cm³/mol. The van der Waals surface area contributed by atoms with Crippen molar-refractivity contribution in [2.24, 2.45) is 0 Å². The zero-order valence-electron chi connectivity index (χ0n) is 13.0. The number of hydrogen-bond acceptors (Lipinski definition) is 4. The summed E-state index contributed by atoms with van der Waals surface area (Å²) in [5.74, 6) is -0.484. The zero-order valence-corrected chi connectivity index (χ0v) is 13.0. The average Bonchev–Trinajstić information content (AvgIpc) is 2.46.